The van der Waals surface area contributed by atoms with Crippen LogP contribution in [0.3, 0.4) is 0 Å². The van der Waals surface area contributed by atoms with Crippen molar-refractivity contribution in [1.29, 1.82) is 0 Å². The van der Waals surface area contributed by atoms with Gasteiger partial charge in [-0.05, 0) is 23.8 Å². The van der Waals surface area contributed by atoms with Crippen LogP contribution < -0.4 is 5.73 Å². The highest BCUT2D eigenvalue weighted by Gasteiger charge is 2.13. The van der Waals surface area contributed by atoms with Gasteiger partial charge in [-0.25, -0.2) is 4.79 Å². The molecule has 0 bridgehead atoms. The molecule has 3 N–H and O–H groups in total. The molecule has 0 aliphatic heterocycles. The lowest BCUT2D eigenvalue weighted by Gasteiger charge is -2.11. The SMILES string of the molecule is NCc1ncc(-c2cccc(C(=O)O)c2)c2c(Cl)cccc12. The van der Waals surface area contributed by atoms with Crippen LogP contribution in [0.15, 0.2) is 48.7 Å². The van der Waals surface area contributed by atoms with Gasteiger partial charge in [0.1, 0.15) is 0 Å². The first kappa shape index (κ1) is 14.5. The third kappa shape index (κ3) is 2.43. The number of aromatic nitrogens is 1. The molecule has 0 aliphatic carbocycles. The van der Waals surface area contributed by atoms with Gasteiger partial charge in [0.2, 0.25) is 0 Å². The summed E-state index contributed by atoms with van der Waals surface area (Å²) in [5.41, 5.74) is 8.27. The molecule has 5 heteroatoms. The number of hydrogen-bond donors (Lipinski definition) is 2. The average molecular weight is 313 g/mol. The summed E-state index contributed by atoms with van der Waals surface area (Å²) < 4.78 is 0. The van der Waals surface area contributed by atoms with Gasteiger partial charge in [-0.3, -0.25) is 4.98 Å². The summed E-state index contributed by atoms with van der Waals surface area (Å²) in [5.74, 6) is -0.969. The molecule has 2 aromatic carbocycles. The lowest BCUT2D eigenvalue weighted by atomic mass is 9.98. The van der Waals surface area contributed by atoms with Crippen LogP contribution in [0, 0.1) is 0 Å². The van der Waals surface area contributed by atoms with E-state index in [1.54, 1.807) is 30.5 Å². The molecule has 0 radical (unpaired) electrons. The van der Waals surface area contributed by atoms with Gasteiger partial charge in [-0.15, -0.1) is 0 Å². The quantitative estimate of drug-likeness (QED) is 0.773. The lowest BCUT2D eigenvalue weighted by Crippen LogP contribution is -2.02. The summed E-state index contributed by atoms with van der Waals surface area (Å²) in [6.45, 7) is 0.312. The van der Waals surface area contributed by atoms with Crippen molar-refractivity contribution < 1.29 is 9.90 Å². The molecule has 3 aromatic rings. The predicted octanol–water partition coefficient (Wildman–Crippen LogP) is 3.71. The van der Waals surface area contributed by atoms with Gasteiger partial charge in [0.25, 0.3) is 0 Å². The van der Waals surface area contributed by atoms with Crippen LogP contribution in [0.5, 0.6) is 0 Å². The summed E-state index contributed by atoms with van der Waals surface area (Å²) in [7, 11) is 0. The zero-order valence-corrected chi connectivity index (χ0v) is 12.3. The van der Waals surface area contributed by atoms with Crippen LogP contribution in [0.25, 0.3) is 21.9 Å². The van der Waals surface area contributed by atoms with Gasteiger partial charge in [-0.1, -0.05) is 35.9 Å². The Bertz CT molecular complexity index is 878. The highest BCUT2D eigenvalue weighted by Crippen LogP contribution is 2.34. The fourth-order valence-electron chi connectivity index (χ4n) is 2.52. The van der Waals surface area contributed by atoms with Gasteiger partial charge in [0.15, 0.2) is 0 Å². The highest BCUT2D eigenvalue weighted by molar-refractivity contribution is 6.36. The Morgan fingerprint density at radius 2 is 2.00 bits per heavy atom. The number of rotatable bonds is 3. The minimum Gasteiger partial charge on any atom is -0.478 e. The van der Waals surface area contributed by atoms with Crippen LogP contribution in [0.4, 0.5) is 0 Å². The molecular formula is C17H13ClN2O2. The van der Waals surface area contributed by atoms with Crippen molar-refractivity contribution in [2.24, 2.45) is 5.73 Å². The maximum Gasteiger partial charge on any atom is 0.335 e. The number of halogens is 1. The smallest absolute Gasteiger partial charge is 0.335 e. The topological polar surface area (TPSA) is 76.2 Å². The molecule has 0 unspecified atom stereocenters. The fourth-order valence-corrected chi connectivity index (χ4v) is 2.79. The van der Waals surface area contributed by atoms with E-state index in [1.165, 1.54) is 0 Å². The Morgan fingerprint density at radius 3 is 2.73 bits per heavy atom. The molecule has 4 nitrogen and oxygen atoms in total. The molecule has 0 amide bonds. The van der Waals surface area contributed by atoms with Crippen LogP contribution >= 0.6 is 11.6 Å². The third-order valence-electron chi connectivity index (χ3n) is 3.56. The minimum atomic E-state index is -0.969. The molecule has 0 saturated carbocycles. The number of carboxylic acid groups (broad SMARTS) is 1. The van der Waals surface area contributed by atoms with Gasteiger partial charge in [0, 0.05) is 34.1 Å². The molecule has 0 spiro atoms. The standard InChI is InChI=1S/C17H13ClN2O2/c18-14-6-2-5-12-15(8-19)20-9-13(16(12)14)10-3-1-4-11(7-10)17(21)22/h1-7,9H,8,19H2,(H,21,22). The molecule has 0 aliphatic rings. The van der Waals surface area contributed by atoms with Crippen LogP contribution in [-0.4, -0.2) is 16.1 Å². The molecule has 0 atom stereocenters. The van der Waals surface area contributed by atoms with E-state index >= 15 is 0 Å². The number of aromatic carboxylic acids is 1. The number of nitrogens with two attached hydrogens (primary N) is 1. The Labute approximate surface area is 132 Å². The van der Waals surface area contributed by atoms with Crippen molar-refractivity contribution in [1.82, 2.24) is 4.98 Å². The normalized spacial score (nSPS) is 10.8. The number of hydrogen-bond acceptors (Lipinski definition) is 3. The zero-order valence-electron chi connectivity index (χ0n) is 11.6. The fraction of sp³-hybridized carbons (Fsp3) is 0.0588. The molecule has 1 aromatic heterocycles. The number of pyridine rings is 1. The van der Waals surface area contributed by atoms with Crippen LogP contribution in [-0.2, 0) is 6.54 Å². The number of benzene rings is 2. The number of carboxylic acids is 1. The monoisotopic (exact) mass is 312 g/mol. The van der Waals surface area contributed by atoms with Gasteiger partial charge in [-0.2, -0.15) is 0 Å². The summed E-state index contributed by atoms with van der Waals surface area (Å²) in [6.07, 6.45) is 1.69. The van der Waals surface area contributed by atoms with Gasteiger partial charge >= 0.3 is 5.97 Å². The van der Waals surface area contributed by atoms with Crippen molar-refractivity contribution in [2.75, 3.05) is 0 Å². The maximum absolute atomic E-state index is 11.2. The van der Waals surface area contributed by atoms with E-state index < -0.39 is 5.97 Å². The van der Waals surface area contributed by atoms with Crippen LogP contribution in [0.1, 0.15) is 16.1 Å². The Morgan fingerprint density at radius 1 is 1.23 bits per heavy atom. The summed E-state index contributed by atoms with van der Waals surface area (Å²) in [5, 5.41) is 11.5. The lowest BCUT2D eigenvalue weighted by molar-refractivity contribution is 0.0697. The van der Waals surface area contributed by atoms with Crippen molar-refractivity contribution in [2.45, 2.75) is 6.54 Å². The molecule has 1 heterocycles. The predicted molar refractivity (Wildman–Crippen MR) is 87.0 cm³/mol. The van der Waals surface area contributed by atoms with Crippen molar-refractivity contribution in [3.8, 4) is 11.1 Å². The van der Waals surface area contributed by atoms with E-state index in [0.29, 0.717) is 11.6 Å². The molecule has 110 valence electrons. The first-order valence-corrected chi connectivity index (χ1v) is 7.09. The molecule has 0 saturated heterocycles. The first-order chi connectivity index (χ1) is 10.6. The molecule has 22 heavy (non-hydrogen) atoms. The second kappa shape index (κ2) is 5.75. The zero-order chi connectivity index (χ0) is 15.7. The van der Waals surface area contributed by atoms with E-state index in [4.69, 9.17) is 22.4 Å². The average Bonchev–Trinajstić information content (AvgIpc) is 2.54. The van der Waals surface area contributed by atoms with Crippen molar-refractivity contribution >= 4 is 28.3 Å². The van der Waals surface area contributed by atoms with E-state index in [0.717, 1.165) is 27.6 Å². The summed E-state index contributed by atoms with van der Waals surface area (Å²) in [6, 6.07) is 12.3. The summed E-state index contributed by atoms with van der Waals surface area (Å²) in [4.78, 5) is 15.5. The molecular weight excluding hydrogens is 300 g/mol. The second-order valence-corrected chi connectivity index (χ2v) is 5.28. The minimum absolute atomic E-state index is 0.223. The second-order valence-electron chi connectivity index (χ2n) is 4.87. The Kier molecular flexibility index (Phi) is 3.79. The number of carbonyl (C=O) groups is 1. The van der Waals surface area contributed by atoms with Crippen molar-refractivity contribution in [3.05, 3.63) is 64.9 Å². The van der Waals surface area contributed by atoms with Crippen LogP contribution in [0.2, 0.25) is 5.02 Å². The van der Waals surface area contributed by atoms with E-state index in [9.17, 15) is 4.79 Å². The van der Waals surface area contributed by atoms with E-state index in [1.807, 2.05) is 18.2 Å². The first-order valence-electron chi connectivity index (χ1n) is 6.71. The molecule has 3 rings (SSSR count). The third-order valence-corrected chi connectivity index (χ3v) is 3.87. The number of nitrogens with zero attached hydrogens (tertiary/aromatic N) is 1. The maximum atomic E-state index is 11.2. The van der Waals surface area contributed by atoms with E-state index in [2.05, 4.69) is 4.98 Å². The summed E-state index contributed by atoms with van der Waals surface area (Å²) >= 11 is 6.36. The Hall–Kier alpha value is -2.43. The van der Waals surface area contributed by atoms with Gasteiger partial charge in [0.05, 0.1) is 11.3 Å². The number of fused-ring (bicyclic) bond motifs is 1. The van der Waals surface area contributed by atoms with Gasteiger partial charge < -0.3 is 10.8 Å². The largest absolute Gasteiger partial charge is 0.478 e. The van der Waals surface area contributed by atoms with E-state index in [-0.39, 0.29) is 5.56 Å². The Balaban J connectivity index is 2.32. The van der Waals surface area contributed by atoms with Crippen molar-refractivity contribution in [3.63, 3.8) is 0 Å². The molecule has 0 fully saturated rings. The highest BCUT2D eigenvalue weighted by atomic mass is 35.5.